The number of halogens is 1. The number of nitrogens with one attached hydrogen (secondary N) is 1. The molecule has 15 heavy (non-hydrogen) atoms. The van der Waals surface area contributed by atoms with Crippen molar-refractivity contribution in [2.24, 2.45) is 0 Å². The van der Waals surface area contributed by atoms with Crippen molar-refractivity contribution < 1.29 is 8.42 Å². The van der Waals surface area contributed by atoms with Crippen LogP contribution in [0.25, 0.3) is 0 Å². The molecule has 0 aliphatic carbocycles. The molecule has 1 N–H and O–H groups in total. The van der Waals surface area contributed by atoms with E-state index in [1.165, 1.54) is 0 Å². The second-order valence-corrected chi connectivity index (χ2v) is 6.94. The van der Waals surface area contributed by atoms with Crippen molar-refractivity contribution in [2.45, 2.75) is 17.6 Å². The fourth-order valence-electron chi connectivity index (χ4n) is 1.53. The minimum atomic E-state index is -3.33. The molecular formula is C8H11ClN2O2S2. The first-order chi connectivity index (χ1) is 7.04. The normalized spacial score (nSPS) is 18.9. The smallest absolute Gasteiger partial charge is 0.253 e. The molecule has 0 saturated carbocycles. The molecule has 0 saturated heterocycles. The molecule has 4 nitrogen and oxygen atoms in total. The first-order valence-electron chi connectivity index (χ1n) is 4.58. The third-order valence-corrected chi connectivity index (χ3v) is 5.34. The van der Waals surface area contributed by atoms with Crippen LogP contribution < -0.4 is 9.62 Å². The number of rotatable bonds is 2. The quantitative estimate of drug-likeness (QED) is 0.889. The molecule has 0 amide bonds. The lowest BCUT2D eigenvalue weighted by Gasteiger charge is -2.28. The van der Waals surface area contributed by atoms with E-state index >= 15 is 0 Å². The average Bonchev–Trinajstić information content (AvgIpc) is 2.54. The van der Waals surface area contributed by atoms with Gasteiger partial charge in [0.25, 0.3) is 10.0 Å². The molecule has 1 aliphatic rings. The standard InChI is InChI=1S/C8H11ClN2O2S2/c1-2-3-11-5-10-15(12,13)8-6(11)4-7(9)14-8/h4,10H,2-3,5H2,1H3. The Morgan fingerprint density at radius 2 is 2.40 bits per heavy atom. The SMILES string of the molecule is CCCN1CNS(=O)(=O)c2sc(Cl)cc21. The van der Waals surface area contributed by atoms with Crippen molar-refractivity contribution in [3.8, 4) is 0 Å². The summed E-state index contributed by atoms with van der Waals surface area (Å²) in [5.41, 5.74) is 0.727. The summed E-state index contributed by atoms with van der Waals surface area (Å²) in [6.45, 7) is 3.20. The molecular weight excluding hydrogens is 256 g/mol. The minimum absolute atomic E-state index is 0.326. The highest BCUT2D eigenvalue weighted by Gasteiger charge is 2.30. The van der Waals surface area contributed by atoms with Crippen LogP contribution in [0.5, 0.6) is 0 Å². The summed E-state index contributed by atoms with van der Waals surface area (Å²) in [6, 6.07) is 1.72. The number of hydrogen-bond donors (Lipinski definition) is 1. The van der Waals surface area contributed by atoms with Crippen LogP contribution in [0.1, 0.15) is 13.3 Å². The summed E-state index contributed by atoms with van der Waals surface area (Å²) >= 11 is 6.94. The summed E-state index contributed by atoms with van der Waals surface area (Å²) in [4.78, 5) is 1.98. The van der Waals surface area contributed by atoms with Crippen molar-refractivity contribution in [3.05, 3.63) is 10.4 Å². The third-order valence-electron chi connectivity index (χ3n) is 2.17. The predicted octanol–water partition coefficient (Wildman–Crippen LogP) is 1.87. The predicted molar refractivity (Wildman–Crippen MR) is 62.2 cm³/mol. The molecule has 0 unspecified atom stereocenters. The zero-order valence-corrected chi connectivity index (χ0v) is 10.5. The number of hydrogen-bond acceptors (Lipinski definition) is 4. The highest BCUT2D eigenvalue weighted by atomic mass is 35.5. The average molecular weight is 267 g/mol. The Labute approximate surface area is 97.9 Å². The van der Waals surface area contributed by atoms with E-state index in [1.807, 2.05) is 4.90 Å². The zero-order chi connectivity index (χ0) is 11.1. The molecule has 1 aromatic rings. The van der Waals surface area contributed by atoms with Crippen LogP contribution in [0, 0.1) is 0 Å². The summed E-state index contributed by atoms with van der Waals surface area (Å²) in [5.74, 6) is 0. The summed E-state index contributed by atoms with van der Waals surface area (Å²) < 4.78 is 26.6. The van der Waals surface area contributed by atoms with E-state index in [2.05, 4.69) is 11.6 Å². The van der Waals surface area contributed by atoms with Gasteiger partial charge in [0.05, 0.1) is 16.7 Å². The topological polar surface area (TPSA) is 49.4 Å². The van der Waals surface area contributed by atoms with Crippen molar-refractivity contribution in [3.63, 3.8) is 0 Å². The summed E-state index contributed by atoms with van der Waals surface area (Å²) in [6.07, 6.45) is 0.967. The lowest BCUT2D eigenvalue weighted by molar-refractivity contribution is 0.573. The second kappa shape index (κ2) is 3.93. The van der Waals surface area contributed by atoms with Crippen LogP contribution >= 0.6 is 22.9 Å². The molecule has 0 atom stereocenters. The van der Waals surface area contributed by atoms with Crippen molar-refractivity contribution in [1.29, 1.82) is 0 Å². The van der Waals surface area contributed by atoms with E-state index in [0.29, 0.717) is 15.2 Å². The number of thiophene rings is 1. The van der Waals surface area contributed by atoms with Crippen LogP contribution in [-0.4, -0.2) is 21.6 Å². The molecule has 1 aromatic heterocycles. The van der Waals surface area contributed by atoms with E-state index in [-0.39, 0.29) is 0 Å². The Morgan fingerprint density at radius 1 is 1.67 bits per heavy atom. The van der Waals surface area contributed by atoms with Gasteiger partial charge in [-0.15, -0.1) is 11.3 Å². The molecule has 0 radical (unpaired) electrons. The number of fused-ring (bicyclic) bond motifs is 1. The van der Waals surface area contributed by atoms with Crippen LogP contribution in [-0.2, 0) is 10.0 Å². The minimum Gasteiger partial charge on any atom is -0.356 e. The summed E-state index contributed by atoms with van der Waals surface area (Å²) in [5, 5.41) is 0. The van der Waals surface area contributed by atoms with Crippen molar-refractivity contribution in [1.82, 2.24) is 4.72 Å². The molecule has 2 rings (SSSR count). The highest BCUT2D eigenvalue weighted by Crippen LogP contribution is 2.38. The first kappa shape index (κ1) is 11.2. The Hall–Kier alpha value is -0.300. The monoisotopic (exact) mass is 266 g/mol. The van der Waals surface area contributed by atoms with Crippen molar-refractivity contribution in [2.75, 3.05) is 18.1 Å². The Balaban J connectivity index is 2.48. The van der Waals surface area contributed by atoms with Gasteiger partial charge in [0.15, 0.2) is 4.21 Å². The molecule has 0 aromatic carbocycles. The lowest BCUT2D eigenvalue weighted by Crippen LogP contribution is -2.42. The highest BCUT2D eigenvalue weighted by molar-refractivity contribution is 7.92. The Bertz CT molecular complexity index is 469. The Morgan fingerprint density at radius 3 is 3.07 bits per heavy atom. The van der Waals surface area contributed by atoms with Crippen LogP contribution in [0.2, 0.25) is 4.34 Å². The van der Waals surface area contributed by atoms with Gasteiger partial charge in [-0.3, -0.25) is 0 Å². The molecule has 1 aliphatic heterocycles. The largest absolute Gasteiger partial charge is 0.356 e. The second-order valence-electron chi connectivity index (χ2n) is 3.29. The third kappa shape index (κ3) is 1.99. The number of sulfonamides is 1. The maximum atomic E-state index is 11.7. The number of nitrogens with zero attached hydrogens (tertiary/aromatic N) is 1. The molecule has 0 bridgehead atoms. The molecule has 84 valence electrons. The van der Waals surface area contributed by atoms with Crippen molar-refractivity contribution >= 4 is 38.6 Å². The molecule has 0 spiro atoms. The molecule has 0 fully saturated rings. The van der Waals surface area contributed by atoms with Gasteiger partial charge >= 0.3 is 0 Å². The maximum Gasteiger partial charge on any atom is 0.253 e. The van der Waals surface area contributed by atoms with Gasteiger partial charge in [0.2, 0.25) is 0 Å². The van der Waals surface area contributed by atoms with E-state index in [9.17, 15) is 8.42 Å². The van der Waals surface area contributed by atoms with E-state index < -0.39 is 10.0 Å². The van der Waals surface area contributed by atoms with Crippen LogP contribution in [0.15, 0.2) is 10.3 Å². The zero-order valence-electron chi connectivity index (χ0n) is 8.16. The van der Waals surface area contributed by atoms with Gasteiger partial charge in [-0.1, -0.05) is 18.5 Å². The summed E-state index contributed by atoms with van der Waals surface area (Å²) in [7, 11) is -3.33. The van der Waals surface area contributed by atoms with Crippen LogP contribution in [0.4, 0.5) is 5.69 Å². The van der Waals surface area contributed by atoms with Gasteiger partial charge in [0, 0.05) is 6.54 Å². The van der Waals surface area contributed by atoms with Gasteiger partial charge in [-0.25, -0.2) is 8.42 Å². The maximum absolute atomic E-state index is 11.7. The van der Waals surface area contributed by atoms with E-state index in [1.54, 1.807) is 6.07 Å². The Kier molecular flexibility index (Phi) is 2.94. The van der Waals surface area contributed by atoms with Gasteiger partial charge in [-0.2, -0.15) is 4.72 Å². The van der Waals surface area contributed by atoms with Gasteiger partial charge in [0.1, 0.15) is 0 Å². The van der Waals surface area contributed by atoms with E-state index in [0.717, 1.165) is 30.0 Å². The fourth-order valence-corrected chi connectivity index (χ4v) is 4.45. The molecule has 7 heteroatoms. The van der Waals surface area contributed by atoms with Gasteiger partial charge in [-0.05, 0) is 12.5 Å². The fraction of sp³-hybridized carbons (Fsp3) is 0.500. The first-order valence-corrected chi connectivity index (χ1v) is 7.26. The van der Waals surface area contributed by atoms with E-state index in [4.69, 9.17) is 11.6 Å². The molecule has 2 heterocycles. The lowest BCUT2D eigenvalue weighted by atomic mass is 10.4. The number of anilines is 1. The van der Waals surface area contributed by atoms with Crippen LogP contribution in [0.3, 0.4) is 0 Å². The van der Waals surface area contributed by atoms with Gasteiger partial charge < -0.3 is 4.90 Å².